The van der Waals surface area contributed by atoms with Crippen molar-refractivity contribution in [2.24, 2.45) is 0 Å². The molecule has 0 aliphatic heterocycles. The molecule has 0 aromatic heterocycles. The zero-order valence-corrected chi connectivity index (χ0v) is 17.6. The fourth-order valence-corrected chi connectivity index (χ4v) is 2.69. The Morgan fingerprint density at radius 3 is 2.16 bits per heavy atom. The molecular formula is C22H24F3NO5. The number of anilines is 1. The molecule has 0 aliphatic carbocycles. The van der Waals surface area contributed by atoms with Crippen LogP contribution in [-0.4, -0.2) is 33.8 Å². The van der Waals surface area contributed by atoms with Crippen molar-refractivity contribution >= 4 is 17.7 Å². The van der Waals surface area contributed by atoms with E-state index in [-0.39, 0.29) is 11.4 Å². The standard InChI is InChI=1S/C22H24F3NO5/c1-5-10-31-17-8-7-15(22(23,24)25)13-16(17)26-20(27)9-6-14-11-18(28-2)21(30-4)19(12-14)29-3/h6-9,11-13H,5,10H2,1-4H3,(H,26,27). The maximum Gasteiger partial charge on any atom is 0.416 e. The third-order valence-electron chi connectivity index (χ3n) is 4.14. The summed E-state index contributed by atoms with van der Waals surface area (Å²) in [5.41, 5.74) is -0.390. The Labute approximate surface area is 178 Å². The first-order valence-corrected chi connectivity index (χ1v) is 9.36. The molecule has 6 nitrogen and oxygen atoms in total. The highest BCUT2D eigenvalue weighted by Gasteiger charge is 2.31. The summed E-state index contributed by atoms with van der Waals surface area (Å²) in [5.74, 6) is 0.720. The van der Waals surface area contributed by atoms with Crippen molar-refractivity contribution in [1.82, 2.24) is 0 Å². The van der Waals surface area contributed by atoms with Gasteiger partial charge in [0.25, 0.3) is 0 Å². The van der Waals surface area contributed by atoms with Crippen LogP contribution in [0.4, 0.5) is 18.9 Å². The highest BCUT2D eigenvalue weighted by Crippen LogP contribution is 2.38. The summed E-state index contributed by atoms with van der Waals surface area (Å²) in [4.78, 5) is 12.4. The molecule has 2 rings (SSSR count). The third-order valence-corrected chi connectivity index (χ3v) is 4.14. The fourth-order valence-electron chi connectivity index (χ4n) is 2.69. The van der Waals surface area contributed by atoms with Gasteiger partial charge in [-0.15, -0.1) is 0 Å². The number of hydrogen-bond acceptors (Lipinski definition) is 5. The molecule has 0 atom stereocenters. The van der Waals surface area contributed by atoms with Gasteiger partial charge in [0.05, 0.1) is 39.2 Å². The number of benzene rings is 2. The minimum atomic E-state index is -4.55. The molecule has 0 unspecified atom stereocenters. The van der Waals surface area contributed by atoms with Gasteiger partial charge in [-0.25, -0.2) is 0 Å². The monoisotopic (exact) mass is 439 g/mol. The molecular weight excluding hydrogens is 415 g/mol. The van der Waals surface area contributed by atoms with E-state index < -0.39 is 17.6 Å². The average Bonchev–Trinajstić information content (AvgIpc) is 2.75. The van der Waals surface area contributed by atoms with Crippen LogP contribution in [0.25, 0.3) is 6.08 Å². The minimum absolute atomic E-state index is 0.0668. The number of ether oxygens (including phenoxy) is 4. The van der Waals surface area contributed by atoms with Gasteiger partial charge in [-0.2, -0.15) is 13.2 Å². The first kappa shape index (κ1) is 23.9. The Morgan fingerprint density at radius 1 is 1.00 bits per heavy atom. The van der Waals surface area contributed by atoms with Crippen LogP contribution < -0.4 is 24.3 Å². The first-order chi connectivity index (χ1) is 14.7. The molecule has 2 aromatic carbocycles. The number of alkyl halides is 3. The van der Waals surface area contributed by atoms with Crippen molar-refractivity contribution in [1.29, 1.82) is 0 Å². The Morgan fingerprint density at radius 2 is 1.65 bits per heavy atom. The summed E-state index contributed by atoms with van der Waals surface area (Å²) in [6, 6.07) is 6.20. The highest BCUT2D eigenvalue weighted by atomic mass is 19.4. The molecule has 168 valence electrons. The molecule has 0 heterocycles. The lowest BCUT2D eigenvalue weighted by Gasteiger charge is -2.14. The van der Waals surface area contributed by atoms with E-state index in [4.69, 9.17) is 18.9 Å². The van der Waals surface area contributed by atoms with E-state index in [0.29, 0.717) is 35.8 Å². The van der Waals surface area contributed by atoms with Crippen LogP contribution in [-0.2, 0) is 11.0 Å². The maximum atomic E-state index is 13.1. The van der Waals surface area contributed by atoms with Gasteiger partial charge in [0.2, 0.25) is 11.7 Å². The van der Waals surface area contributed by atoms with E-state index in [9.17, 15) is 18.0 Å². The smallest absolute Gasteiger partial charge is 0.416 e. The molecule has 1 amide bonds. The molecule has 0 aliphatic rings. The normalized spacial score (nSPS) is 11.3. The van der Waals surface area contributed by atoms with Gasteiger partial charge < -0.3 is 24.3 Å². The fraction of sp³-hybridized carbons (Fsp3) is 0.318. The predicted molar refractivity (Wildman–Crippen MR) is 111 cm³/mol. The van der Waals surface area contributed by atoms with E-state index in [1.165, 1.54) is 39.5 Å². The van der Waals surface area contributed by atoms with Crippen LogP contribution in [0.15, 0.2) is 36.4 Å². The van der Waals surface area contributed by atoms with Gasteiger partial charge in [0, 0.05) is 6.08 Å². The van der Waals surface area contributed by atoms with Crippen molar-refractivity contribution in [3.63, 3.8) is 0 Å². The third kappa shape index (κ3) is 6.31. The molecule has 0 saturated heterocycles. The van der Waals surface area contributed by atoms with Crippen molar-refractivity contribution in [3.8, 4) is 23.0 Å². The van der Waals surface area contributed by atoms with Crippen molar-refractivity contribution < 1.29 is 36.9 Å². The Hall–Kier alpha value is -3.36. The van der Waals surface area contributed by atoms with Crippen molar-refractivity contribution in [2.75, 3.05) is 33.3 Å². The molecule has 0 radical (unpaired) electrons. The summed E-state index contributed by atoms with van der Waals surface area (Å²) < 4.78 is 60.4. The largest absolute Gasteiger partial charge is 0.493 e. The lowest BCUT2D eigenvalue weighted by molar-refractivity contribution is -0.137. The summed E-state index contributed by atoms with van der Waals surface area (Å²) in [6.45, 7) is 2.16. The Kier molecular flexibility index (Phi) is 8.18. The van der Waals surface area contributed by atoms with Gasteiger partial charge in [-0.1, -0.05) is 6.92 Å². The van der Waals surface area contributed by atoms with Gasteiger partial charge in [-0.3, -0.25) is 4.79 Å². The second kappa shape index (κ2) is 10.6. The van der Waals surface area contributed by atoms with Gasteiger partial charge in [0.1, 0.15) is 5.75 Å². The van der Waals surface area contributed by atoms with E-state index in [1.807, 2.05) is 6.92 Å². The summed E-state index contributed by atoms with van der Waals surface area (Å²) in [7, 11) is 4.39. The van der Waals surface area contributed by atoms with Crippen LogP contribution in [0.5, 0.6) is 23.0 Å². The SMILES string of the molecule is CCCOc1ccc(C(F)(F)F)cc1NC(=O)C=Cc1cc(OC)c(OC)c(OC)c1. The number of rotatable bonds is 9. The van der Waals surface area contributed by atoms with Crippen LogP contribution in [0.3, 0.4) is 0 Å². The number of methoxy groups -OCH3 is 3. The lowest BCUT2D eigenvalue weighted by atomic mass is 10.1. The van der Waals surface area contributed by atoms with E-state index in [1.54, 1.807) is 12.1 Å². The number of halogens is 3. The van der Waals surface area contributed by atoms with E-state index in [2.05, 4.69) is 5.32 Å². The minimum Gasteiger partial charge on any atom is -0.493 e. The van der Waals surface area contributed by atoms with Crippen molar-refractivity contribution in [3.05, 3.63) is 47.5 Å². The zero-order valence-electron chi connectivity index (χ0n) is 17.6. The maximum absolute atomic E-state index is 13.1. The van der Waals surface area contributed by atoms with E-state index in [0.717, 1.165) is 12.1 Å². The van der Waals surface area contributed by atoms with Gasteiger partial charge in [0.15, 0.2) is 11.5 Å². The Balaban J connectivity index is 2.28. The van der Waals surface area contributed by atoms with Crippen LogP contribution >= 0.6 is 0 Å². The first-order valence-electron chi connectivity index (χ1n) is 9.36. The second-order valence-electron chi connectivity index (χ2n) is 6.34. The summed E-state index contributed by atoms with van der Waals surface area (Å²) in [6.07, 6.45) is -1.23. The van der Waals surface area contributed by atoms with Crippen LogP contribution in [0, 0.1) is 0 Å². The number of carbonyl (C=O) groups excluding carboxylic acids is 1. The van der Waals surface area contributed by atoms with Crippen molar-refractivity contribution in [2.45, 2.75) is 19.5 Å². The summed E-state index contributed by atoms with van der Waals surface area (Å²) >= 11 is 0. The molecule has 0 spiro atoms. The summed E-state index contributed by atoms with van der Waals surface area (Å²) in [5, 5.41) is 2.44. The molecule has 9 heteroatoms. The molecule has 0 bridgehead atoms. The Bertz CT molecular complexity index is 916. The highest BCUT2D eigenvalue weighted by molar-refractivity contribution is 6.03. The quantitative estimate of drug-likeness (QED) is 0.546. The molecule has 0 fully saturated rings. The topological polar surface area (TPSA) is 66.0 Å². The molecule has 2 aromatic rings. The lowest BCUT2D eigenvalue weighted by Crippen LogP contribution is -2.12. The van der Waals surface area contributed by atoms with Crippen LogP contribution in [0.2, 0.25) is 0 Å². The number of carbonyl (C=O) groups is 1. The van der Waals surface area contributed by atoms with E-state index >= 15 is 0 Å². The number of nitrogens with one attached hydrogen (secondary N) is 1. The average molecular weight is 439 g/mol. The van der Waals surface area contributed by atoms with Gasteiger partial charge in [-0.05, 0) is 48.4 Å². The van der Waals surface area contributed by atoms with Gasteiger partial charge >= 0.3 is 6.18 Å². The predicted octanol–water partition coefficient (Wildman–Crippen LogP) is 5.17. The number of amides is 1. The molecule has 31 heavy (non-hydrogen) atoms. The van der Waals surface area contributed by atoms with Crippen LogP contribution in [0.1, 0.15) is 24.5 Å². The zero-order chi connectivity index (χ0) is 23.0. The molecule has 0 saturated carbocycles. The molecule has 1 N–H and O–H groups in total. The number of hydrogen-bond donors (Lipinski definition) is 1. The second-order valence-corrected chi connectivity index (χ2v) is 6.34.